The van der Waals surface area contributed by atoms with Crippen LogP contribution in [0, 0.1) is 5.82 Å². The highest BCUT2D eigenvalue weighted by Gasteiger charge is 2.28. The number of nitrogens with one attached hydrogen (secondary N) is 1. The molecule has 0 atom stereocenters. The van der Waals surface area contributed by atoms with Gasteiger partial charge in [-0.15, -0.1) is 11.3 Å². The van der Waals surface area contributed by atoms with E-state index < -0.39 is 10.0 Å². The number of carbonyl (C=O) groups excluding carboxylic acids is 1. The number of hydrogen-bond acceptors (Lipinski definition) is 5. The van der Waals surface area contributed by atoms with Crippen LogP contribution in [-0.4, -0.2) is 56.3 Å². The van der Waals surface area contributed by atoms with Crippen LogP contribution in [0.4, 0.5) is 10.1 Å². The molecule has 30 heavy (non-hydrogen) atoms. The summed E-state index contributed by atoms with van der Waals surface area (Å²) in [5, 5.41) is 3.16. The topological polar surface area (TPSA) is 69.7 Å². The van der Waals surface area contributed by atoms with Crippen LogP contribution < -0.4 is 5.32 Å². The van der Waals surface area contributed by atoms with Crippen LogP contribution in [0.25, 0.3) is 10.1 Å². The third-order valence-corrected chi connectivity index (χ3v) is 8.27. The number of piperazine rings is 1. The molecule has 9 heteroatoms. The van der Waals surface area contributed by atoms with Crippen LogP contribution in [0.2, 0.25) is 0 Å². The molecule has 1 N–H and O–H groups in total. The monoisotopic (exact) mass is 447 g/mol. The molecule has 0 saturated carbocycles. The molecular weight excluding hydrogens is 425 g/mol. The molecule has 2 aromatic carbocycles. The molecule has 6 nitrogen and oxygen atoms in total. The smallest absolute Gasteiger partial charge is 0.265 e. The second-order valence-corrected chi connectivity index (χ2v) is 10.1. The van der Waals surface area contributed by atoms with E-state index in [0.717, 1.165) is 19.6 Å². The minimum Gasteiger partial charge on any atom is -0.321 e. The number of hydrogen-bond donors (Lipinski definition) is 1. The molecule has 0 bridgehead atoms. The Kier molecular flexibility index (Phi) is 5.88. The third kappa shape index (κ3) is 4.11. The summed E-state index contributed by atoms with van der Waals surface area (Å²) >= 11 is 1.21. The zero-order valence-corrected chi connectivity index (χ0v) is 18.1. The predicted octanol–water partition coefficient (Wildman–Crippen LogP) is 3.62. The number of rotatable bonds is 5. The van der Waals surface area contributed by atoms with Crippen molar-refractivity contribution in [3.63, 3.8) is 0 Å². The SMILES string of the molecule is CCN1CCN(S(=O)(=O)c2ccc(NC(=O)c3cc4c(F)cccc4s3)cc2)CC1. The van der Waals surface area contributed by atoms with Crippen molar-refractivity contribution in [1.29, 1.82) is 0 Å². The second kappa shape index (κ2) is 8.43. The number of sulfonamides is 1. The van der Waals surface area contributed by atoms with Crippen molar-refractivity contribution in [2.45, 2.75) is 11.8 Å². The van der Waals surface area contributed by atoms with Crippen LogP contribution in [0.3, 0.4) is 0 Å². The van der Waals surface area contributed by atoms with Gasteiger partial charge in [-0.05, 0) is 49.0 Å². The summed E-state index contributed by atoms with van der Waals surface area (Å²) in [5.41, 5.74) is 0.479. The van der Waals surface area contributed by atoms with Gasteiger partial charge in [0.15, 0.2) is 0 Å². The van der Waals surface area contributed by atoms with Crippen LogP contribution in [0.5, 0.6) is 0 Å². The molecule has 1 amide bonds. The number of halogens is 1. The molecule has 1 fully saturated rings. The van der Waals surface area contributed by atoms with Crippen molar-refractivity contribution >= 4 is 43.0 Å². The first-order valence-electron chi connectivity index (χ1n) is 9.70. The van der Waals surface area contributed by atoms with Gasteiger partial charge in [0, 0.05) is 42.0 Å². The van der Waals surface area contributed by atoms with Gasteiger partial charge in [-0.2, -0.15) is 4.31 Å². The Morgan fingerprint density at radius 2 is 1.80 bits per heavy atom. The maximum Gasteiger partial charge on any atom is 0.265 e. The van der Waals surface area contributed by atoms with E-state index in [1.807, 2.05) is 0 Å². The predicted molar refractivity (Wildman–Crippen MR) is 117 cm³/mol. The van der Waals surface area contributed by atoms with E-state index in [1.54, 1.807) is 24.3 Å². The molecule has 1 aliphatic rings. The first-order chi connectivity index (χ1) is 14.4. The van der Waals surface area contributed by atoms with E-state index in [-0.39, 0.29) is 16.6 Å². The lowest BCUT2D eigenvalue weighted by molar-refractivity contribution is 0.103. The van der Waals surface area contributed by atoms with Gasteiger partial charge in [-0.3, -0.25) is 4.79 Å². The minimum absolute atomic E-state index is 0.203. The van der Waals surface area contributed by atoms with E-state index >= 15 is 0 Å². The van der Waals surface area contributed by atoms with Crippen molar-refractivity contribution < 1.29 is 17.6 Å². The van der Waals surface area contributed by atoms with Crippen LogP contribution >= 0.6 is 11.3 Å². The standard InChI is InChI=1S/C21H22FN3O3S2/c1-2-24-10-12-25(13-11-24)30(27,28)16-8-6-15(7-9-16)23-21(26)20-14-17-18(22)4-3-5-19(17)29-20/h3-9,14H,2,10-13H2,1H3,(H,23,26). The largest absolute Gasteiger partial charge is 0.321 e. The highest BCUT2D eigenvalue weighted by molar-refractivity contribution is 7.89. The molecule has 0 radical (unpaired) electrons. The Balaban J connectivity index is 1.46. The lowest BCUT2D eigenvalue weighted by Crippen LogP contribution is -2.48. The number of likely N-dealkylation sites (N-methyl/N-ethyl adjacent to an activating group) is 1. The number of benzene rings is 2. The van der Waals surface area contributed by atoms with E-state index in [9.17, 15) is 17.6 Å². The maximum atomic E-state index is 13.9. The number of thiophene rings is 1. The molecule has 1 aromatic heterocycles. The van der Waals surface area contributed by atoms with Gasteiger partial charge < -0.3 is 10.2 Å². The molecule has 2 heterocycles. The summed E-state index contributed by atoms with van der Waals surface area (Å²) in [6.07, 6.45) is 0. The second-order valence-electron chi connectivity index (χ2n) is 7.08. The highest BCUT2D eigenvalue weighted by atomic mass is 32.2. The normalized spacial score (nSPS) is 16.1. The molecular formula is C21H22FN3O3S2. The molecule has 0 unspecified atom stereocenters. The molecule has 158 valence electrons. The Morgan fingerprint density at radius 3 is 2.43 bits per heavy atom. The van der Waals surface area contributed by atoms with Crippen molar-refractivity contribution in [3.05, 3.63) is 59.2 Å². The summed E-state index contributed by atoms with van der Waals surface area (Å²) in [4.78, 5) is 15.3. The third-order valence-electron chi connectivity index (χ3n) is 5.26. The summed E-state index contributed by atoms with van der Waals surface area (Å²) in [6, 6.07) is 12.4. The van der Waals surface area contributed by atoms with E-state index in [2.05, 4.69) is 17.1 Å². The molecule has 0 spiro atoms. The Bertz CT molecular complexity index is 1170. The average molecular weight is 448 g/mol. The first kappa shape index (κ1) is 20.9. The number of amides is 1. The number of carbonyl (C=O) groups is 1. The van der Waals surface area contributed by atoms with Crippen LogP contribution in [0.15, 0.2) is 53.4 Å². The summed E-state index contributed by atoms with van der Waals surface area (Å²) in [5.74, 6) is -0.723. The molecule has 3 aromatic rings. The van der Waals surface area contributed by atoms with E-state index in [0.29, 0.717) is 33.7 Å². The Hall–Kier alpha value is -2.33. The number of fused-ring (bicyclic) bond motifs is 1. The lowest BCUT2D eigenvalue weighted by atomic mass is 10.2. The van der Waals surface area contributed by atoms with Gasteiger partial charge in [-0.25, -0.2) is 12.8 Å². The van der Waals surface area contributed by atoms with Gasteiger partial charge in [0.05, 0.1) is 9.77 Å². The zero-order valence-electron chi connectivity index (χ0n) is 16.5. The van der Waals surface area contributed by atoms with Crippen molar-refractivity contribution in [2.24, 2.45) is 0 Å². The summed E-state index contributed by atoms with van der Waals surface area (Å²) in [6.45, 7) is 5.36. The highest BCUT2D eigenvalue weighted by Crippen LogP contribution is 2.28. The van der Waals surface area contributed by atoms with Gasteiger partial charge >= 0.3 is 0 Å². The van der Waals surface area contributed by atoms with Crippen molar-refractivity contribution in [3.8, 4) is 0 Å². The van der Waals surface area contributed by atoms with E-state index in [1.165, 1.54) is 39.9 Å². The van der Waals surface area contributed by atoms with Gasteiger partial charge in [0.2, 0.25) is 10.0 Å². The Morgan fingerprint density at radius 1 is 1.10 bits per heavy atom. The fourth-order valence-electron chi connectivity index (χ4n) is 3.48. The maximum absolute atomic E-state index is 13.9. The zero-order chi connectivity index (χ0) is 21.3. The van der Waals surface area contributed by atoms with Crippen molar-refractivity contribution in [2.75, 3.05) is 38.0 Å². The fourth-order valence-corrected chi connectivity index (χ4v) is 5.87. The molecule has 1 saturated heterocycles. The fraction of sp³-hybridized carbons (Fsp3) is 0.286. The number of nitrogens with zero attached hydrogens (tertiary/aromatic N) is 2. The minimum atomic E-state index is -3.56. The lowest BCUT2D eigenvalue weighted by Gasteiger charge is -2.33. The van der Waals surface area contributed by atoms with E-state index in [4.69, 9.17) is 0 Å². The average Bonchev–Trinajstić information content (AvgIpc) is 3.20. The van der Waals surface area contributed by atoms with Crippen molar-refractivity contribution in [1.82, 2.24) is 9.21 Å². The summed E-state index contributed by atoms with van der Waals surface area (Å²) < 4.78 is 41.8. The van der Waals surface area contributed by atoms with Gasteiger partial charge in [0.25, 0.3) is 5.91 Å². The summed E-state index contributed by atoms with van der Waals surface area (Å²) in [7, 11) is -3.56. The Labute approximate surface area is 179 Å². The molecule has 1 aliphatic heterocycles. The quantitative estimate of drug-likeness (QED) is 0.649. The molecule has 4 rings (SSSR count). The van der Waals surface area contributed by atoms with Gasteiger partial charge in [0.1, 0.15) is 5.82 Å². The van der Waals surface area contributed by atoms with Gasteiger partial charge in [-0.1, -0.05) is 13.0 Å². The van der Waals surface area contributed by atoms with Crippen LogP contribution in [0.1, 0.15) is 16.6 Å². The van der Waals surface area contributed by atoms with Crippen LogP contribution in [-0.2, 0) is 10.0 Å². The number of anilines is 1. The first-order valence-corrected chi connectivity index (χ1v) is 12.0. The molecule has 0 aliphatic carbocycles.